The van der Waals surface area contributed by atoms with Crippen LogP contribution in [0.3, 0.4) is 0 Å². The third-order valence-electron chi connectivity index (χ3n) is 2.66. The first-order chi connectivity index (χ1) is 8.78. The van der Waals surface area contributed by atoms with Crippen molar-refractivity contribution >= 4 is 22.2 Å². The van der Waals surface area contributed by atoms with Gasteiger partial charge in [0.1, 0.15) is 22.6 Å². The summed E-state index contributed by atoms with van der Waals surface area (Å²) in [5.41, 5.74) is 1.86. The zero-order valence-electron chi connectivity index (χ0n) is 10.0. The van der Waals surface area contributed by atoms with Gasteiger partial charge in [-0.3, -0.25) is 0 Å². The summed E-state index contributed by atoms with van der Waals surface area (Å²) in [4.78, 5) is 13.9. The summed E-state index contributed by atoms with van der Waals surface area (Å²) in [6.45, 7) is 2.04. The number of rotatable bonds is 2. The van der Waals surface area contributed by atoms with Gasteiger partial charge in [0.15, 0.2) is 0 Å². The number of aromatic nitrogens is 3. The number of thiazole rings is 1. The second kappa shape index (κ2) is 4.34. The van der Waals surface area contributed by atoms with E-state index in [1.807, 2.05) is 25.3 Å². The van der Waals surface area contributed by atoms with Crippen LogP contribution in [-0.4, -0.2) is 22.1 Å². The Hall–Kier alpha value is -2.01. The lowest BCUT2D eigenvalue weighted by atomic mass is 10.1. The first-order valence-corrected chi connectivity index (χ1v) is 6.30. The number of fused-ring (bicyclic) bond motifs is 1. The van der Waals surface area contributed by atoms with Crippen LogP contribution < -0.4 is 4.74 Å². The fourth-order valence-corrected chi connectivity index (χ4v) is 2.59. The minimum absolute atomic E-state index is 0.748. The third-order valence-corrected chi connectivity index (χ3v) is 3.62. The predicted molar refractivity (Wildman–Crippen MR) is 71.9 cm³/mol. The maximum absolute atomic E-state index is 5.38. The standard InChI is InChI=1S/C13H11N3OS/c1-8-5-15-13(18-8)9-3-10-6-14-7-16-12(10)11(4-9)17-2/h3-7H,1-2H3. The van der Waals surface area contributed by atoms with Crippen LogP contribution in [0.5, 0.6) is 5.75 Å². The minimum atomic E-state index is 0.748. The molecule has 90 valence electrons. The Morgan fingerprint density at radius 1 is 1.17 bits per heavy atom. The number of aryl methyl sites for hydroxylation is 1. The van der Waals surface area contributed by atoms with Crippen molar-refractivity contribution < 1.29 is 4.74 Å². The van der Waals surface area contributed by atoms with Crippen LogP contribution in [0.4, 0.5) is 0 Å². The number of methoxy groups -OCH3 is 1. The Bertz CT molecular complexity index is 708. The SMILES string of the molecule is COc1cc(-c2ncc(C)s2)cc2cncnc12. The van der Waals surface area contributed by atoms with E-state index in [1.54, 1.807) is 24.6 Å². The van der Waals surface area contributed by atoms with E-state index < -0.39 is 0 Å². The van der Waals surface area contributed by atoms with Crippen LogP contribution in [0.25, 0.3) is 21.5 Å². The molecule has 0 fully saturated rings. The van der Waals surface area contributed by atoms with Gasteiger partial charge in [-0.15, -0.1) is 11.3 Å². The quantitative estimate of drug-likeness (QED) is 0.708. The molecule has 3 rings (SSSR count). The number of nitrogens with zero attached hydrogens (tertiary/aromatic N) is 3. The summed E-state index contributed by atoms with van der Waals surface area (Å²) < 4.78 is 5.38. The van der Waals surface area contributed by atoms with Crippen LogP contribution in [0, 0.1) is 6.92 Å². The Balaban J connectivity index is 2.25. The molecule has 2 aromatic heterocycles. The molecule has 0 saturated carbocycles. The van der Waals surface area contributed by atoms with Gasteiger partial charge in [0.05, 0.1) is 7.11 Å². The van der Waals surface area contributed by atoms with E-state index in [2.05, 4.69) is 15.0 Å². The molecular formula is C13H11N3OS. The molecule has 0 radical (unpaired) electrons. The van der Waals surface area contributed by atoms with Gasteiger partial charge in [-0.25, -0.2) is 15.0 Å². The normalized spacial score (nSPS) is 10.8. The van der Waals surface area contributed by atoms with Crippen LogP contribution in [0.1, 0.15) is 4.88 Å². The van der Waals surface area contributed by atoms with Crippen molar-refractivity contribution in [3.05, 3.63) is 35.7 Å². The largest absolute Gasteiger partial charge is 0.494 e. The van der Waals surface area contributed by atoms with Crippen LogP contribution in [-0.2, 0) is 0 Å². The predicted octanol–water partition coefficient (Wildman–Crippen LogP) is 3.07. The molecule has 5 heteroatoms. The summed E-state index contributed by atoms with van der Waals surface area (Å²) in [5, 5.41) is 1.94. The van der Waals surface area contributed by atoms with Crippen molar-refractivity contribution in [1.29, 1.82) is 0 Å². The number of ether oxygens (including phenoxy) is 1. The molecule has 2 heterocycles. The highest BCUT2D eigenvalue weighted by Crippen LogP contribution is 2.32. The van der Waals surface area contributed by atoms with Gasteiger partial charge in [0.25, 0.3) is 0 Å². The number of hydrogen-bond acceptors (Lipinski definition) is 5. The molecule has 0 aliphatic carbocycles. The second-order valence-electron chi connectivity index (χ2n) is 3.92. The van der Waals surface area contributed by atoms with Gasteiger partial charge in [0.2, 0.25) is 0 Å². The van der Waals surface area contributed by atoms with Crippen LogP contribution in [0.15, 0.2) is 30.9 Å². The zero-order chi connectivity index (χ0) is 12.5. The van der Waals surface area contributed by atoms with Gasteiger partial charge in [-0.2, -0.15) is 0 Å². The van der Waals surface area contributed by atoms with Crippen molar-refractivity contribution in [2.24, 2.45) is 0 Å². The van der Waals surface area contributed by atoms with Gasteiger partial charge >= 0.3 is 0 Å². The van der Waals surface area contributed by atoms with E-state index in [1.165, 1.54) is 11.2 Å². The molecule has 1 aromatic carbocycles. The van der Waals surface area contributed by atoms with Gasteiger partial charge in [-0.05, 0) is 19.1 Å². The van der Waals surface area contributed by atoms with E-state index in [-0.39, 0.29) is 0 Å². The van der Waals surface area contributed by atoms with Crippen molar-refractivity contribution in [1.82, 2.24) is 15.0 Å². The topological polar surface area (TPSA) is 47.9 Å². The number of benzene rings is 1. The first kappa shape index (κ1) is 11.1. The highest BCUT2D eigenvalue weighted by atomic mass is 32.1. The maximum atomic E-state index is 5.38. The molecule has 18 heavy (non-hydrogen) atoms. The van der Waals surface area contributed by atoms with Crippen molar-refractivity contribution in [3.8, 4) is 16.3 Å². The molecule has 0 saturated heterocycles. The van der Waals surface area contributed by atoms with E-state index in [4.69, 9.17) is 4.74 Å². The Labute approximate surface area is 108 Å². The average Bonchev–Trinajstić information content (AvgIpc) is 2.84. The molecule has 0 spiro atoms. The Morgan fingerprint density at radius 3 is 2.78 bits per heavy atom. The summed E-state index contributed by atoms with van der Waals surface area (Å²) in [5.74, 6) is 0.748. The fraction of sp³-hybridized carbons (Fsp3) is 0.154. The first-order valence-electron chi connectivity index (χ1n) is 5.48. The summed E-state index contributed by atoms with van der Waals surface area (Å²) in [6.07, 6.45) is 5.19. The third kappa shape index (κ3) is 1.82. The van der Waals surface area contributed by atoms with Gasteiger partial charge < -0.3 is 4.74 Å². The maximum Gasteiger partial charge on any atom is 0.145 e. The molecule has 0 N–H and O–H groups in total. The van der Waals surface area contributed by atoms with Crippen molar-refractivity contribution in [2.75, 3.05) is 7.11 Å². The molecule has 0 atom stereocenters. The summed E-state index contributed by atoms with van der Waals surface area (Å²) in [6, 6.07) is 4.00. The zero-order valence-corrected chi connectivity index (χ0v) is 10.9. The van der Waals surface area contributed by atoms with Crippen LogP contribution in [0.2, 0.25) is 0 Å². The smallest absolute Gasteiger partial charge is 0.145 e. The lowest BCUT2D eigenvalue weighted by Gasteiger charge is -2.06. The molecule has 0 bridgehead atoms. The van der Waals surface area contributed by atoms with E-state index in [0.717, 1.165) is 27.2 Å². The molecule has 4 nitrogen and oxygen atoms in total. The Kier molecular flexibility index (Phi) is 2.68. The van der Waals surface area contributed by atoms with Crippen LogP contribution >= 0.6 is 11.3 Å². The lowest BCUT2D eigenvalue weighted by molar-refractivity contribution is 0.419. The van der Waals surface area contributed by atoms with Crippen molar-refractivity contribution in [3.63, 3.8) is 0 Å². The minimum Gasteiger partial charge on any atom is -0.494 e. The molecule has 0 unspecified atom stereocenters. The molecule has 3 aromatic rings. The highest BCUT2D eigenvalue weighted by Gasteiger charge is 2.09. The van der Waals surface area contributed by atoms with E-state index in [0.29, 0.717) is 0 Å². The fourth-order valence-electron chi connectivity index (χ4n) is 1.84. The molecular weight excluding hydrogens is 246 g/mol. The Morgan fingerprint density at radius 2 is 2.06 bits per heavy atom. The molecule has 0 aliphatic heterocycles. The van der Waals surface area contributed by atoms with E-state index >= 15 is 0 Å². The number of hydrogen-bond donors (Lipinski definition) is 0. The monoisotopic (exact) mass is 257 g/mol. The lowest BCUT2D eigenvalue weighted by Crippen LogP contribution is -1.90. The summed E-state index contributed by atoms with van der Waals surface area (Å²) >= 11 is 1.66. The highest BCUT2D eigenvalue weighted by molar-refractivity contribution is 7.14. The van der Waals surface area contributed by atoms with Crippen molar-refractivity contribution in [2.45, 2.75) is 6.92 Å². The van der Waals surface area contributed by atoms with Gasteiger partial charge in [-0.1, -0.05) is 0 Å². The summed E-state index contributed by atoms with van der Waals surface area (Å²) in [7, 11) is 1.65. The van der Waals surface area contributed by atoms with E-state index in [9.17, 15) is 0 Å². The average molecular weight is 257 g/mol. The molecule has 0 aliphatic rings. The molecule has 0 amide bonds. The second-order valence-corrected chi connectivity index (χ2v) is 5.15. The van der Waals surface area contributed by atoms with Gasteiger partial charge in [0, 0.05) is 28.2 Å².